The van der Waals surface area contributed by atoms with Crippen LogP contribution in [0.4, 0.5) is 0 Å². The highest BCUT2D eigenvalue weighted by Gasteiger charge is 2.48. The molecule has 1 N–H and O–H groups in total. The molecule has 0 saturated heterocycles. The van der Waals surface area contributed by atoms with E-state index in [2.05, 4.69) is 0 Å². The van der Waals surface area contributed by atoms with E-state index in [0.29, 0.717) is 5.56 Å². The second-order valence-electron chi connectivity index (χ2n) is 5.51. The molecule has 3 nitrogen and oxygen atoms in total. The molecule has 0 heterocycles. The van der Waals surface area contributed by atoms with Crippen LogP contribution in [-0.4, -0.2) is 22.6 Å². The van der Waals surface area contributed by atoms with Gasteiger partial charge in [0.1, 0.15) is 6.10 Å². The van der Waals surface area contributed by atoms with Gasteiger partial charge in [-0.25, -0.2) is 0 Å². The van der Waals surface area contributed by atoms with Crippen LogP contribution in [0.1, 0.15) is 26.3 Å². The van der Waals surface area contributed by atoms with Crippen molar-refractivity contribution >= 4 is 5.78 Å². The van der Waals surface area contributed by atoms with Crippen LogP contribution in [0, 0.1) is 0 Å². The smallest absolute Gasteiger partial charge is 0.194 e. The summed E-state index contributed by atoms with van der Waals surface area (Å²) in [7, 11) is 0. The lowest BCUT2D eigenvalue weighted by atomic mass is 9.88. The van der Waals surface area contributed by atoms with Crippen molar-refractivity contribution < 1.29 is 14.6 Å². The van der Waals surface area contributed by atoms with Crippen molar-refractivity contribution in [2.75, 3.05) is 0 Å². The van der Waals surface area contributed by atoms with E-state index in [0.717, 1.165) is 0 Å². The summed E-state index contributed by atoms with van der Waals surface area (Å²) in [5.74, 6) is -0.331. The second-order valence-corrected chi connectivity index (χ2v) is 5.51. The van der Waals surface area contributed by atoms with E-state index in [9.17, 15) is 9.90 Å². The maximum Gasteiger partial charge on any atom is 0.194 e. The fraction of sp³-hybridized carbons (Fsp3) is 0.400. The summed E-state index contributed by atoms with van der Waals surface area (Å²) in [4.78, 5) is 12.0. The predicted molar refractivity (Wildman–Crippen MR) is 69.1 cm³/mol. The zero-order valence-corrected chi connectivity index (χ0v) is 10.9. The number of aliphatic hydroxyl groups is 1. The van der Waals surface area contributed by atoms with Crippen LogP contribution in [-0.2, 0) is 15.1 Å². The van der Waals surface area contributed by atoms with Gasteiger partial charge in [0.15, 0.2) is 11.4 Å². The normalized spacial score (nSPS) is 27.8. The lowest BCUT2D eigenvalue weighted by Crippen LogP contribution is -2.45. The Morgan fingerprint density at radius 2 is 1.83 bits per heavy atom. The number of hydrogen-bond acceptors (Lipinski definition) is 3. The van der Waals surface area contributed by atoms with Crippen LogP contribution in [0.15, 0.2) is 42.5 Å². The maximum atomic E-state index is 12.0. The molecule has 0 amide bonds. The molecule has 0 spiro atoms. The molecule has 0 radical (unpaired) electrons. The molecule has 0 fully saturated rings. The van der Waals surface area contributed by atoms with Crippen molar-refractivity contribution in [3.63, 3.8) is 0 Å². The van der Waals surface area contributed by atoms with Crippen molar-refractivity contribution in [3.8, 4) is 0 Å². The van der Waals surface area contributed by atoms with E-state index in [1.165, 1.54) is 6.08 Å². The first kappa shape index (κ1) is 13.0. The van der Waals surface area contributed by atoms with Crippen LogP contribution in [0.25, 0.3) is 0 Å². The molecule has 0 aliphatic heterocycles. The quantitative estimate of drug-likeness (QED) is 0.870. The Labute approximate surface area is 107 Å². The fourth-order valence-corrected chi connectivity index (χ4v) is 2.09. The first-order valence-electron chi connectivity index (χ1n) is 6.02. The highest BCUT2D eigenvalue weighted by molar-refractivity contribution is 6.01. The van der Waals surface area contributed by atoms with Gasteiger partial charge in [0.05, 0.1) is 5.60 Å². The van der Waals surface area contributed by atoms with Crippen molar-refractivity contribution in [2.24, 2.45) is 0 Å². The number of carbonyl (C=O) groups is 1. The molecular weight excluding hydrogens is 228 g/mol. The molecule has 3 heteroatoms. The Morgan fingerprint density at radius 1 is 1.22 bits per heavy atom. The zero-order chi connectivity index (χ0) is 13.4. The molecule has 96 valence electrons. The number of ether oxygens (including phenoxy) is 1. The van der Waals surface area contributed by atoms with Gasteiger partial charge in [0.25, 0.3) is 0 Å². The largest absolute Gasteiger partial charge is 0.374 e. The molecule has 0 saturated carbocycles. The summed E-state index contributed by atoms with van der Waals surface area (Å²) in [6.45, 7) is 5.69. The Hall–Kier alpha value is -1.45. The third kappa shape index (κ3) is 2.24. The maximum absolute atomic E-state index is 12.0. The van der Waals surface area contributed by atoms with Crippen LogP contribution in [0.2, 0.25) is 0 Å². The van der Waals surface area contributed by atoms with Gasteiger partial charge in [-0.05, 0) is 38.5 Å². The molecule has 2 atom stereocenters. The highest BCUT2D eigenvalue weighted by Crippen LogP contribution is 2.35. The Morgan fingerprint density at radius 3 is 2.39 bits per heavy atom. The van der Waals surface area contributed by atoms with Gasteiger partial charge in [-0.3, -0.25) is 4.79 Å². The van der Waals surface area contributed by atoms with Gasteiger partial charge < -0.3 is 9.84 Å². The van der Waals surface area contributed by atoms with Crippen molar-refractivity contribution in [1.82, 2.24) is 0 Å². The summed E-state index contributed by atoms with van der Waals surface area (Å²) in [6, 6.07) is 8.92. The van der Waals surface area contributed by atoms with E-state index in [1.807, 2.05) is 26.8 Å². The molecule has 0 bridgehead atoms. The third-order valence-corrected chi connectivity index (χ3v) is 2.90. The van der Waals surface area contributed by atoms with E-state index < -0.39 is 17.3 Å². The summed E-state index contributed by atoms with van der Waals surface area (Å²) in [6.07, 6.45) is 2.37. The average molecular weight is 246 g/mol. The van der Waals surface area contributed by atoms with E-state index in [-0.39, 0.29) is 5.78 Å². The van der Waals surface area contributed by atoms with Crippen molar-refractivity contribution in [3.05, 3.63) is 48.0 Å². The number of benzene rings is 1. The first-order chi connectivity index (χ1) is 8.34. The average Bonchev–Trinajstić information content (AvgIpc) is 2.58. The van der Waals surface area contributed by atoms with Crippen LogP contribution >= 0.6 is 0 Å². The first-order valence-corrected chi connectivity index (χ1v) is 6.02. The third-order valence-electron chi connectivity index (χ3n) is 2.90. The number of hydrogen-bond donors (Lipinski definition) is 1. The van der Waals surface area contributed by atoms with Gasteiger partial charge in [0.2, 0.25) is 0 Å². The summed E-state index contributed by atoms with van der Waals surface area (Å²) < 4.78 is 5.78. The predicted octanol–water partition coefficient (Wildman–Crippen LogP) is 2.20. The molecule has 0 aromatic heterocycles. The van der Waals surface area contributed by atoms with Crippen LogP contribution < -0.4 is 0 Å². The monoisotopic (exact) mass is 246 g/mol. The van der Waals surface area contributed by atoms with Crippen molar-refractivity contribution in [1.29, 1.82) is 0 Å². The van der Waals surface area contributed by atoms with E-state index >= 15 is 0 Å². The minimum Gasteiger partial charge on any atom is -0.374 e. The molecular formula is C15H18O3. The zero-order valence-electron chi connectivity index (χ0n) is 10.9. The fourth-order valence-electron chi connectivity index (χ4n) is 2.09. The standard InChI is InChI=1S/C15H18O3/c1-14(2,3)18-13-10-9-12(16)15(13,17)11-7-5-4-6-8-11/h4-10,13,17H,1-3H3/t13-,15-/m1/s1. The molecule has 2 rings (SSSR count). The van der Waals surface area contributed by atoms with Gasteiger partial charge in [-0.15, -0.1) is 0 Å². The number of ketones is 1. The van der Waals surface area contributed by atoms with Crippen LogP contribution in [0.3, 0.4) is 0 Å². The van der Waals surface area contributed by atoms with Crippen molar-refractivity contribution in [2.45, 2.75) is 38.1 Å². The SMILES string of the molecule is CC(C)(C)O[C@@H]1C=CC(=O)[C@]1(O)c1ccccc1. The lowest BCUT2D eigenvalue weighted by molar-refractivity contribution is -0.158. The topological polar surface area (TPSA) is 46.5 Å². The molecule has 18 heavy (non-hydrogen) atoms. The van der Waals surface area contributed by atoms with E-state index in [1.54, 1.807) is 30.3 Å². The molecule has 1 aliphatic rings. The molecule has 1 aromatic rings. The van der Waals surface area contributed by atoms with E-state index in [4.69, 9.17) is 4.74 Å². The Bertz CT molecular complexity index is 470. The van der Waals surface area contributed by atoms with Crippen LogP contribution in [0.5, 0.6) is 0 Å². The Balaban J connectivity index is 2.37. The second kappa shape index (κ2) is 4.34. The molecule has 0 unspecified atom stereocenters. The van der Waals surface area contributed by atoms with Gasteiger partial charge in [-0.2, -0.15) is 0 Å². The highest BCUT2D eigenvalue weighted by atomic mass is 16.5. The molecule has 1 aromatic carbocycles. The van der Waals surface area contributed by atoms with Gasteiger partial charge in [-0.1, -0.05) is 30.3 Å². The minimum absolute atomic E-state index is 0.331. The summed E-state index contributed by atoms with van der Waals surface area (Å²) >= 11 is 0. The number of carbonyl (C=O) groups excluding carboxylic acids is 1. The number of rotatable bonds is 2. The van der Waals surface area contributed by atoms with Gasteiger partial charge in [0, 0.05) is 0 Å². The summed E-state index contributed by atoms with van der Waals surface area (Å²) in [5, 5.41) is 10.7. The van der Waals surface area contributed by atoms with Gasteiger partial charge >= 0.3 is 0 Å². The molecule has 1 aliphatic carbocycles. The minimum atomic E-state index is -1.60. The summed E-state index contributed by atoms with van der Waals surface area (Å²) in [5.41, 5.74) is -1.47. The lowest BCUT2D eigenvalue weighted by Gasteiger charge is -2.33. The Kier molecular flexibility index (Phi) is 3.13.